The summed E-state index contributed by atoms with van der Waals surface area (Å²) in [5.41, 5.74) is 7.94. The van der Waals surface area contributed by atoms with E-state index in [1.165, 1.54) is 18.2 Å². The van der Waals surface area contributed by atoms with Gasteiger partial charge in [-0.05, 0) is 47.9 Å². The number of halogens is 1. The van der Waals surface area contributed by atoms with Crippen LogP contribution in [0.4, 0.5) is 0 Å². The molecule has 1 aromatic carbocycles. The first kappa shape index (κ1) is 15.9. The molecule has 1 heterocycles. The van der Waals surface area contributed by atoms with E-state index in [4.69, 9.17) is 17.3 Å². The first-order chi connectivity index (χ1) is 9.94. The molecular formula is C14H16ClN3O2S. The fraction of sp³-hybridized carbons (Fsp3) is 0.214. The van der Waals surface area contributed by atoms with Crippen molar-refractivity contribution in [2.45, 2.75) is 24.9 Å². The quantitative estimate of drug-likeness (QED) is 0.880. The van der Waals surface area contributed by atoms with E-state index in [2.05, 4.69) is 9.71 Å². The Morgan fingerprint density at radius 3 is 2.71 bits per heavy atom. The van der Waals surface area contributed by atoms with E-state index in [1.54, 1.807) is 18.5 Å². The number of aromatic nitrogens is 1. The number of hydrogen-bond acceptors (Lipinski definition) is 4. The molecule has 0 saturated carbocycles. The average molecular weight is 326 g/mol. The van der Waals surface area contributed by atoms with Crippen molar-refractivity contribution in [2.75, 3.05) is 0 Å². The van der Waals surface area contributed by atoms with Gasteiger partial charge >= 0.3 is 0 Å². The maximum Gasteiger partial charge on any atom is 0.240 e. The van der Waals surface area contributed by atoms with Crippen molar-refractivity contribution < 1.29 is 8.42 Å². The predicted molar refractivity (Wildman–Crippen MR) is 82.3 cm³/mol. The lowest BCUT2D eigenvalue weighted by Gasteiger charge is -2.10. The molecule has 0 bridgehead atoms. The van der Waals surface area contributed by atoms with Crippen molar-refractivity contribution in [1.82, 2.24) is 9.71 Å². The maximum atomic E-state index is 12.3. The number of pyridine rings is 1. The van der Waals surface area contributed by atoms with Gasteiger partial charge in [0.1, 0.15) is 0 Å². The van der Waals surface area contributed by atoms with E-state index in [-0.39, 0.29) is 18.0 Å². The third kappa shape index (κ3) is 3.79. The van der Waals surface area contributed by atoms with Gasteiger partial charge in [0.2, 0.25) is 10.0 Å². The Kier molecular flexibility index (Phi) is 4.95. The summed E-state index contributed by atoms with van der Waals surface area (Å²) in [6.45, 7) is 2.27. The van der Waals surface area contributed by atoms with Gasteiger partial charge in [-0.3, -0.25) is 4.98 Å². The monoisotopic (exact) mass is 325 g/mol. The van der Waals surface area contributed by atoms with Crippen LogP contribution < -0.4 is 10.5 Å². The number of rotatable bonds is 5. The highest BCUT2D eigenvalue weighted by molar-refractivity contribution is 7.89. The smallest absolute Gasteiger partial charge is 0.240 e. The van der Waals surface area contributed by atoms with Gasteiger partial charge in [-0.1, -0.05) is 11.6 Å². The largest absolute Gasteiger partial charge is 0.326 e. The van der Waals surface area contributed by atoms with Crippen molar-refractivity contribution in [3.8, 4) is 0 Å². The first-order valence-electron chi connectivity index (χ1n) is 6.31. The average Bonchev–Trinajstić information content (AvgIpc) is 2.46. The Morgan fingerprint density at radius 2 is 2.05 bits per heavy atom. The van der Waals surface area contributed by atoms with Gasteiger partial charge in [0.15, 0.2) is 0 Å². The van der Waals surface area contributed by atoms with Crippen molar-refractivity contribution in [3.63, 3.8) is 0 Å². The molecule has 0 aliphatic heterocycles. The number of benzene rings is 1. The lowest BCUT2D eigenvalue weighted by atomic mass is 10.2. The summed E-state index contributed by atoms with van der Waals surface area (Å²) in [4.78, 5) is 4.13. The molecule has 0 unspecified atom stereocenters. The van der Waals surface area contributed by atoms with Gasteiger partial charge in [0, 0.05) is 30.5 Å². The molecule has 0 aliphatic carbocycles. The third-order valence-corrected chi connectivity index (χ3v) is 4.90. The molecule has 0 fully saturated rings. The molecule has 0 saturated heterocycles. The third-order valence-electron chi connectivity index (χ3n) is 3.14. The Morgan fingerprint density at radius 1 is 1.29 bits per heavy atom. The molecule has 0 radical (unpaired) electrons. The predicted octanol–water partition coefficient (Wildman–Crippen LogP) is 1.98. The van der Waals surface area contributed by atoms with Crippen molar-refractivity contribution in [3.05, 3.63) is 58.4 Å². The van der Waals surface area contributed by atoms with Gasteiger partial charge < -0.3 is 5.73 Å². The molecule has 2 aromatic rings. The molecule has 0 aliphatic rings. The number of sulfonamides is 1. The summed E-state index contributed by atoms with van der Waals surface area (Å²) in [6, 6.07) is 6.27. The van der Waals surface area contributed by atoms with Gasteiger partial charge in [-0.2, -0.15) is 0 Å². The van der Waals surface area contributed by atoms with Crippen molar-refractivity contribution in [1.29, 1.82) is 0 Å². The van der Waals surface area contributed by atoms with E-state index >= 15 is 0 Å². The number of nitrogens with two attached hydrogens (primary N) is 1. The number of nitrogens with zero attached hydrogens (tertiary/aromatic N) is 1. The van der Waals surface area contributed by atoms with Gasteiger partial charge in [-0.25, -0.2) is 13.1 Å². The molecule has 3 N–H and O–H groups in total. The van der Waals surface area contributed by atoms with Gasteiger partial charge in [0.25, 0.3) is 0 Å². The Balaban J connectivity index is 2.21. The van der Waals surface area contributed by atoms with Crippen LogP contribution in [-0.2, 0) is 23.1 Å². The second-order valence-electron chi connectivity index (χ2n) is 4.58. The minimum absolute atomic E-state index is 0.152. The van der Waals surface area contributed by atoms with Crippen LogP contribution in [0.3, 0.4) is 0 Å². The number of hydrogen-bond donors (Lipinski definition) is 2. The fourth-order valence-electron chi connectivity index (χ4n) is 1.83. The molecule has 2 rings (SSSR count). The molecule has 1 aromatic heterocycles. The van der Waals surface area contributed by atoms with E-state index in [0.29, 0.717) is 10.6 Å². The van der Waals surface area contributed by atoms with Crippen LogP contribution in [0.2, 0.25) is 5.02 Å². The minimum atomic E-state index is -3.61. The first-order valence-corrected chi connectivity index (χ1v) is 8.18. The topological polar surface area (TPSA) is 85.1 Å². The number of aryl methyl sites for hydroxylation is 1. The zero-order valence-corrected chi connectivity index (χ0v) is 13.1. The molecule has 5 nitrogen and oxygen atoms in total. The van der Waals surface area contributed by atoms with E-state index in [0.717, 1.165) is 11.1 Å². The van der Waals surface area contributed by atoms with Gasteiger partial charge in [-0.15, -0.1) is 0 Å². The van der Waals surface area contributed by atoms with Crippen molar-refractivity contribution >= 4 is 21.6 Å². The molecule has 0 amide bonds. The maximum absolute atomic E-state index is 12.3. The molecule has 0 atom stereocenters. The zero-order chi connectivity index (χ0) is 15.5. The lowest BCUT2D eigenvalue weighted by Crippen LogP contribution is -2.24. The van der Waals surface area contributed by atoms with Crippen LogP contribution >= 0.6 is 11.6 Å². The second kappa shape index (κ2) is 6.53. The van der Waals surface area contributed by atoms with Crippen molar-refractivity contribution in [2.24, 2.45) is 5.73 Å². The zero-order valence-electron chi connectivity index (χ0n) is 11.5. The van der Waals surface area contributed by atoms with Gasteiger partial charge in [0.05, 0.1) is 4.90 Å². The SMILES string of the molecule is Cc1cnccc1CNS(=O)(=O)c1ccc(Cl)c(CN)c1. The standard InChI is InChI=1S/C14H16ClN3O2S/c1-10-8-17-5-4-11(10)9-18-21(19,20)13-2-3-14(15)12(6-13)7-16/h2-6,8,18H,7,9,16H2,1H3. The van der Waals surface area contributed by atoms with Crippen LogP contribution in [-0.4, -0.2) is 13.4 Å². The highest BCUT2D eigenvalue weighted by atomic mass is 35.5. The summed E-state index contributed by atoms with van der Waals surface area (Å²) >= 11 is 5.94. The van der Waals surface area contributed by atoms with Crippen LogP contribution in [0.15, 0.2) is 41.6 Å². The van der Waals surface area contributed by atoms with Crippen LogP contribution in [0, 0.1) is 6.92 Å². The molecule has 0 spiro atoms. The Labute approximate surface area is 129 Å². The molecule has 7 heteroatoms. The summed E-state index contributed by atoms with van der Waals surface area (Å²) in [5, 5.41) is 0.460. The fourth-order valence-corrected chi connectivity index (χ4v) is 3.08. The Hall–Kier alpha value is -1.47. The van der Waals surface area contributed by atoms with E-state index < -0.39 is 10.0 Å². The Bertz CT molecular complexity index is 748. The summed E-state index contributed by atoms with van der Waals surface area (Å²) < 4.78 is 27.1. The molecular weight excluding hydrogens is 310 g/mol. The van der Waals surface area contributed by atoms with Crippen LogP contribution in [0.5, 0.6) is 0 Å². The lowest BCUT2D eigenvalue weighted by molar-refractivity contribution is 0.581. The highest BCUT2D eigenvalue weighted by Crippen LogP contribution is 2.20. The summed E-state index contributed by atoms with van der Waals surface area (Å²) in [6.07, 6.45) is 3.32. The van der Waals surface area contributed by atoms with E-state index in [9.17, 15) is 8.42 Å². The van der Waals surface area contributed by atoms with Crippen LogP contribution in [0.25, 0.3) is 0 Å². The molecule has 21 heavy (non-hydrogen) atoms. The molecule has 112 valence electrons. The summed E-state index contributed by atoms with van der Waals surface area (Å²) in [5.74, 6) is 0. The van der Waals surface area contributed by atoms with Crippen LogP contribution in [0.1, 0.15) is 16.7 Å². The minimum Gasteiger partial charge on any atom is -0.326 e. The van der Waals surface area contributed by atoms with E-state index in [1.807, 2.05) is 6.92 Å². The normalized spacial score (nSPS) is 11.6. The summed E-state index contributed by atoms with van der Waals surface area (Å²) in [7, 11) is -3.61. The highest BCUT2D eigenvalue weighted by Gasteiger charge is 2.15. The second-order valence-corrected chi connectivity index (χ2v) is 6.76. The number of nitrogens with one attached hydrogen (secondary N) is 1.